The van der Waals surface area contributed by atoms with Gasteiger partial charge in [-0.05, 0) is 111 Å². The molecule has 2 aromatic carbocycles. The van der Waals surface area contributed by atoms with E-state index in [4.69, 9.17) is 21.1 Å². The van der Waals surface area contributed by atoms with Gasteiger partial charge in [-0.25, -0.2) is 4.21 Å². The third-order valence-electron chi connectivity index (χ3n) is 14.4. The largest absolute Gasteiger partial charge is 0.490 e. The number of anilines is 1. The zero-order valence-electron chi connectivity index (χ0n) is 33.6. The number of ether oxygens (including phenoxy) is 2. The molecule has 1 N–H and O–H groups in total. The maximum atomic E-state index is 14.1. The first kappa shape index (κ1) is 39.7. The Morgan fingerprint density at radius 3 is 2.68 bits per heavy atom. The van der Waals surface area contributed by atoms with Crippen LogP contribution in [-0.4, -0.2) is 126 Å². The molecule has 1 unspecified atom stereocenters. The highest BCUT2D eigenvalue weighted by atomic mass is 35.5. The highest BCUT2D eigenvalue weighted by Gasteiger charge is 2.50. The lowest BCUT2D eigenvalue weighted by Crippen LogP contribution is -2.65. The first-order chi connectivity index (χ1) is 26.8. The number of aryl methyl sites for hydroxylation is 1. The summed E-state index contributed by atoms with van der Waals surface area (Å²) in [5.41, 5.74) is 3.14. The highest BCUT2D eigenvalue weighted by molar-refractivity contribution is 7.99. The van der Waals surface area contributed by atoms with E-state index in [2.05, 4.69) is 56.5 Å². The molecule has 3 fully saturated rings. The molecule has 4 heterocycles. The van der Waals surface area contributed by atoms with Crippen molar-refractivity contribution >= 4 is 44.7 Å². The molecular formula is C44H60ClN5O5S. The van der Waals surface area contributed by atoms with Crippen molar-refractivity contribution in [1.29, 1.82) is 0 Å². The van der Waals surface area contributed by atoms with E-state index in [1.54, 1.807) is 13.0 Å². The normalized spacial score (nSPS) is 35.9. The molecule has 2 aliphatic carbocycles. The van der Waals surface area contributed by atoms with Crippen LogP contribution in [0.3, 0.4) is 0 Å². The second-order valence-electron chi connectivity index (χ2n) is 17.8. The summed E-state index contributed by atoms with van der Waals surface area (Å²) in [6, 6.07) is 12.3. The number of hydrogen-bond acceptors (Lipinski definition) is 8. The van der Waals surface area contributed by atoms with Crippen molar-refractivity contribution in [3.8, 4) is 5.75 Å². The van der Waals surface area contributed by atoms with Crippen molar-refractivity contribution in [3.05, 3.63) is 70.3 Å². The van der Waals surface area contributed by atoms with Gasteiger partial charge in [-0.15, -0.1) is 0 Å². The molecule has 10 nitrogen and oxygen atoms in total. The van der Waals surface area contributed by atoms with Gasteiger partial charge >= 0.3 is 0 Å². The second kappa shape index (κ2) is 15.6. The number of nitrogens with zero attached hydrogens (tertiary/aromatic N) is 4. The van der Waals surface area contributed by atoms with E-state index in [0.717, 1.165) is 107 Å². The summed E-state index contributed by atoms with van der Waals surface area (Å²) in [5.74, 6) is 5.21. The molecule has 0 aromatic heterocycles. The molecule has 0 radical (unpaired) electrons. The number of carbonyl (C=O) groups excluding carboxylic acids is 2. The number of amides is 2. The number of benzene rings is 2. The standard InChI is InChI=1S/C44H60ClN5O5S/c1-30-8-6-17-44(54-4,28-47-18-19-48-20-21-49(32(3)51)26-37(48)25-47)39-13-10-35(39)24-50-27-43(16-7-9-33-22-36(45)12-14-38(33)43)29-55-41-15-11-34(23-40(41)50)42(52)46-56(5,53)31(30)2/h6,11-12,14-15,17,22-23,30-31,35,37,39H,5,7-10,13,16,18-21,24-29H2,1-4H3,(H,46,52,53)/b17-6+/t30-,31+,35-,37-,39+,43-,44-,56?/m0/s1. The number of nitrogens with one attached hydrogen (secondary N) is 1. The maximum Gasteiger partial charge on any atom is 0.262 e. The molecular weight excluding hydrogens is 746 g/mol. The van der Waals surface area contributed by atoms with Crippen LogP contribution in [-0.2, 0) is 31.1 Å². The molecule has 8 atom stereocenters. The number of piperazine rings is 2. The smallest absolute Gasteiger partial charge is 0.262 e. The van der Waals surface area contributed by atoms with E-state index in [9.17, 15) is 13.8 Å². The summed E-state index contributed by atoms with van der Waals surface area (Å²) in [6.45, 7) is 13.8. The molecule has 56 heavy (non-hydrogen) atoms. The van der Waals surface area contributed by atoms with Gasteiger partial charge in [-0.1, -0.05) is 36.7 Å². The van der Waals surface area contributed by atoms with Crippen LogP contribution >= 0.6 is 11.6 Å². The van der Waals surface area contributed by atoms with Crippen LogP contribution in [0.25, 0.3) is 0 Å². The summed E-state index contributed by atoms with van der Waals surface area (Å²) < 4.78 is 30.5. The Morgan fingerprint density at radius 1 is 1.09 bits per heavy atom. The molecule has 4 aliphatic heterocycles. The molecule has 8 rings (SSSR count). The van der Waals surface area contributed by atoms with Crippen LogP contribution in [0.1, 0.15) is 74.4 Å². The molecule has 304 valence electrons. The predicted molar refractivity (Wildman–Crippen MR) is 225 cm³/mol. The van der Waals surface area contributed by atoms with Crippen LogP contribution in [0.15, 0.2) is 48.6 Å². The minimum absolute atomic E-state index is 0.0000689. The Kier molecular flexibility index (Phi) is 11.1. The summed E-state index contributed by atoms with van der Waals surface area (Å²) in [5, 5.41) is 0.397. The SMILES string of the molecule is C=S1(=O)NC(=O)c2ccc3c(c2)N(C[C@@H]2CC[C@H]2[C@](CN2CCN4CCN(C(C)=O)C[C@@H]4C2)(OC)/C=C/C[C@H](C)[C@H]1C)C[C@@]1(CCCc2cc(Cl)ccc21)CO3. The topological polar surface area (TPSA) is 94.7 Å². The van der Waals surface area contributed by atoms with Gasteiger partial charge in [0.1, 0.15) is 11.4 Å². The number of allylic oxidation sites excluding steroid dienone is 1. The van der Waals surface area contributed by atoms with E-state index < -0.39 is 15.3 Å². The molecule has 2 saturated heterocycles. The van der Waals surface area contributed by atoms with Crippen LogP contribution < -0.4 is 14.4 Å². The van der Waals surface area contributed by atoms with Crippen LogP contribution in [0, 0.1) is 17.8 Å². The number of halogens is 1. The summed E-state index contributed by atoms with van der Waals surface area (Å²) in [4.78, 5) is 35.8. The Morgan fingerprint density at radius 2 is 1.91 bits per heavy atom. The molecule has 1 spiro atoms. The lowest BCUT2D eigenvalue weighted by molar-refractivity contribution is -0.134. The summed E-state index contributed by atoms with van der Waals surface area (Å²) >= 11 is 6.53. The number of methoxy groups -OCH3 is 1. The van der Waals surface area contributed by atoms with Crippen molar-refractivity contribution in [2.75, 3.05) is 77.5 Å². The second-order valence-corrected chi connectivity index (χ2v) is 20.6. The van der Waals surface area contributed by atoms with Gasteiger partial charge in [0.25, 0.3) is 5.91 Å². The fourth-order valence-electron chi connectivity index (χ4n) is 10.7. The Balaban J connectivity index is 1.17. The average Bonchev–Trinajstić information content (AvgIpc) is 3.31. The van der Waals surface area contributed by atoms with Gasteiger partial charge in [0, 0.05) is 100 Å². The third-order valence-corrected chi connectivity index (χ3v) is 16.9. The van der Waals surface area contributed by atoms with Gasteiger partial charge in [0.05, 0.1) is 22.0 Å². The lowest BCUT2D eigenvalue weighted by Gasteiger charge is -2.53. The molecule has 1 saturated carbocycles. The number of rotatable bonds is 3. The van der Waals surface area contributed by atoms with Gasteiger partial charge in [-0.3, -0.25) is 24.1 Å². The summed E-state index contributed by atoms with van der Waals surface area (Å²) in [7, 11) is -1.11. The van der Waals surface area contributed by atoms with Gasteiger partial charge in [0.2, 0.25) is 5.91 Å². The Hall–Kier alpha value is -3.09. The van der Waals surface area contributed by atoms with E-state index in [1.807, 2.05) is 37.1 Å². The van der Waals surface area contributed by atoms with Crippen molar-refractivity contribution in [1.82, 2.24) is 19.4 Å². The third kappa shape index (κ3) is 7.51. The molecule has 6 aliphatic rings. The molecule has 12 heteroatoms. The fraction of sp³-hybridized carbons (Fsp3) is 0.614. The highest BCUT2D eigenvalue weighted by Crippen LogP contribution is 2.49. The van der Waals surface area contributed by atoms with E-state index in [1.165, 1.54) is 11.1 Å². The minimum atomic E-state index is -2.99. The molecule has 2 amide bonds. The van der Waals surface area contributed by atoms with Crippen LogP contribution in [0.2, 0.25) is 5.02 Å². The van der Waals surface area contributed by atoms with Crippen LogP contribution in [0.4, 0.5) is 5.69 Å². The first-order valence-electron chi connectivity index (χ1n) is 20.7. The zero-order chi connectivity index (χ0) is 39.4. The van der Waals surface area contributed by atoms with Crippen molar-refractivity contribution < 1.29 is 23.3 Å². The van der Waals surface area contributed by atoms with Gasteiger partial charge in [-0.2, -0.15) is 0 Å². The fourth-order valence-corrected chi connectivity index (χ4v) is 12.4. The van der Waals surface area contributed by atoms with E-state index >= 15 is 0 Å². The zero-order valence-corrected chi connectivity index (χ0v) is 35.2. The van der Waals surface area contributed by atoms with Crippen LogP contribution in [0.5, 0.6) is 5.75 Å². The number of fused-ring (bicyclic) bond motifs is 5. The van der Waals surface area contributed by atoms with E-state index in [-0.39, 0.29) is 34.3 Å². The number of hydrogen-bond donors (Lipinski definition) is 1. The van der Waals surface area contributed by atoms with Crippen molar-refractivity contribution in [2.24, 2.45) is 17.8 Å². The van der Waals surface area contributed by atoms with Crippen molar-refractivity contribution in [2.45, 2.75) is 81.6 Å². The molecule has 2 bridgehead atoms. The predicted octanol–water partition coefficient (Wildman–Crippen LogP) is 5.42. The van der Waals surface area contributed by atoms with E-state index in [0.29, 0.717) is 30.6 Å². The quantitative estimate of drug-likeness (QED) is 0.325. The van der Waals surface area contributed by atoms with Crippen molar-refractivity contribution in [3.63, 3.8) is 0 Å². The Labute approximate surface area is 339 Å². The minimum Gasteiger partial charge on any atom is -0.490 e. The Bertz CT molecular complexity index is 1980. The summed E-state index contributed by atoms with van der Waals surface area (Å²) in [6.07, 6.45) is 10.4. The maximum absolute atomic E-state index is 14.1. The average molecular weight is 807 g/mol. The lowest BCUT2D eigenvalue weighted by atomic mass is 9.63. The van der Waals surface area contributed by atoms with Gasteiger partial charge < -0.3 is 19.3 Å². The first-order valence-corrected chi connectivity index (χ1v) is 22.9. The van der Waals surface area contributed by atoms with Gasteiger partial charge in [0.15, 0.2) is 0 Å². The monoisotopic (exact) mass is 805 g/mol. The number of carbonyl (C=O) groups is 2. The molecule has 2 aromatic rings.